The van der Waals surface area contributed by atoms with Crippen LogP contribution in [0.5, 0.6) is 0 Å². The van der Waals surface area contributed by atoms with Crippen molar-refractivity contribution in [3.8, 4) is 0 Å². The zero-order chi connectivity index (χ0) is 18.9. The highest BCUT2D eigenvalue weighted by molar-refractivity contribution is 14.0. The van der Waals surface area contributed by atoms with Gasteiger partial charge in [0.05, 0.1) is 12.7 Å². The summed E-state index contributed by atoms with van der Waals surface area (Å²) < 4.78 is 5.92. The van der Waals surface area contributed by atoms with E-state index in [1.165, 1.54) is 25.9 Å². The van der Waals surface area contributed by atoms with Crippen LogP contribution in [0.3, 0.4) is 0 Å². The van der Waals surface area contributed by atoms with Gasteiger partial charge in [0.15, 0.2) is 5.96 Å². The minimum absolute atomic E-state index is 0. The summed E-state index contributed by atoms with van der Waals surface area (Å²) in [5, 5.41) is 6.94. The number of morpholine rings is 1. The van der Waals surface area contributed by atoms with Crippen molar-refractivity contribution < 1.29 is 4.74 Å². The number of hydrogen-bond acceptors (Lipinski definition) is 4. The number of nitrogens with zero attached hydrogens (tertiary/aromatic N) is 3. The zero-order valence-electron chi connectivity index (χ0n) is 18.0. The Morgan fingerprint density at radius 3 is 2.48 bits per heavy atom. The van der Waals surface area contributed by atoms with Crippen molar-refractivity contribution >= 4 is 29.9 Å². The molecule has 0 saturated carbocycles. The van der Waals surface area contributed by atoms with Gasteiger partial charge in [-0.1, -0.05) is 20.8 Å². The van der Waals surface area contributed by atoms with Gasteiger partial charge in [-0.15, -0.1) is 24.0 Å². The number of ether oxygens (including phenoxy) is 1. The second-order valence-corrected chi connectivity index (χ2v) is 8.55. The van der Waals surface area contributed by atoms with Crippen LogP contribution in [-0.4, -0.2) is 87.4 Å². The number of hydrogen-bond donors (Lipinski definition) is 2. The third kappa shape index (κ3) is 9.28. The molecule has 0 spiro atoms. The lowest BCUT2D eigenvalue weighted by Gasteiger charge is -2.35. The van der Waals surface area contributed by atoms with Crippen molar-refractivity contribution in [2.45, 2.75) is 52.7 Å². The molecule has 2 atom stereocenters. The SMILES string of the molecule is CN=C(NCC1CN(CC(C)C)CCO1)NCC(C)N1CCC(C)CC1.I. The van der Waals surface area contributed by atoms with Crippen LogP contribution >= 0.6 is 24.0 Å². The molecule has 2 aliphatic heterocycles. The molecular weight excluding hydrogens is 453 g/mol. The first kappa shape index (κ1) is 24.9. The van der Waals surface area contributed by atoms with Crippen LogP contribution in [0.15, 0.2) is 4.99 Å². The second-order valence-electron chi connectivity index (χ2n) is 8.55. The Labute approximate surface area is 183 Å². The van der Waals surface area contributed by atoms with Crippen molar-refractivity contribution in [1.82, 2.24) is 20.4 Å². The number of halogens is 1. The normalized spacial score (nSPS) is 24.5. The molecule has 2 rings (SSSR count). The van der Waals surface area contributed by atoms with Gasteiger partial charge < -0.3 is 15.4 Å². The maximum absolute atomic E-state index is 5.92. The highest BCUT2D eigenvalue weighted by Gasteiger charge is 2.22. The molecule has 7 heteroatoms. The van der Waals surface area contributed by atoms with Crippen molar-refractivity contribution in [3.05, 3.63) is 0 Å². The van der Waals surface area contributed by atoms with Crippen LogP contribution in [0.2, 0.25) is 0 Å². The summed E-state index contributed by atoms with van der Waals surface area (Å²) in [6, 6.07) is 0.536. The predicted molar refractivity (Wildman–Crippen MR) is 125 cm³/mol. The quantitative estimate of drug-likeness (QED) is 0.323. The summed E-state index contributed by atoms with van der Waals surface area (Å²) in [7, 11) is 1.84. The molecule has 0 aromatic rings. The Bertz CT molecular complexity index is 427. The van der Waals surface area contributed by atoms with Crippen LogP contribution in [0.4, 0.5) is 0 Å². The Morgan fingerprint density at radius 2 is 1.85 bits per heavy atom. The molecule has 0 aromatic carbocycles. The summed E-state index contributed by atoms with van der Waals surface area (Å²) in [5.41, 5.74) is 0. The van der Waals surface area contributed by atoms with E-state index in [4.69, 9.17) is 4.74 Å². The Balaban J connectivity index is 0.00000364. The summed E-state index contributed by atoms with van der Waals surface area (Å²) in [4.78, 5) is 9.48. The lowest BCUT2D eigenvalue weighted by molar-refractivity contribution is -0.0284. The summed E-state index contributed by atoms with van der Waals surface area (Å²) in [6.07, 6.45) is 2.88. The van der Waals surface area contributed by atoms with Crippen molar-refractivity contribution in [1.29, 1.82) is 0 Å². The molecule has 6 nitrogen and oxygen atoms in total. The van der Waals surface area contributed by atoms with E-state index in [0.29, 0.717) is 12.0 Å². The number of nitrogens with one attached hydrogen (secondary N) is 2. The predicted octanol–water partition coefficient (Wildman–Crippen LogP) is 2.25. The maximum atomic E-state index is 5.92. The van der Waals surface area contributed by atoms with Crippen molar-refractivity contribution in [2.75, 3.05) is 59.5 Å². The molecule has 2 aliphatic rings. The second kappa shape index (κ2) is 13.2. The lowest BCUT2D eigenvalue weighted by atomic mass is 9.98. The average Bonchev–Trinajstić information content (AvgIpc) is 2.62. The summed E-state index contributed by atoms with van der Waals surface area (Å²) >= 11 is 0. The van der Waals surface area contributed by atoms with Crippen LogP contribution < -0.4 is 10.6 Å². The number of guanidine groups is 1. The highest BCUT2D eigenvalue weighted by atomic mass is 127. The van der Waals surface area contributed by atoms with Gasteiger partial charge in [-0.05, 0) is 44.7 Å². The van der Waals surface area contributed by atoms with Gasteiger partial charge in [0.2, 0.25) is 0 Å². The number of piperidine rings is 1. The van der Waals surface area contributed by atoms with Crippen LogP contribution in [0, 0.1) is 11.8 Å². The van der Waals surface area contributed by atoms with Crippen LogP contribution in [0.1, 0.15) is 40.5 Å². The van der Waals surface area contributed by atoms with Gasteiger partial charge in [0.1, 0.15) is 0 Å². The largest absolute Gasteiger partial charge is 0.374 e. The number of aliphatic imine (C=N–C) groups is 1. The topological polar surface area (TPSA) is 52.1 Å². The van der Waals surface area contributed by atoms with Crippen molar-refractivity contribution in [3.63, 3.8) is 0 Å². The van der Waals surface area contributed by atoms with Gasteiger partial charge >= 0.3 is 0 Å². The molecule has 0 bridgehead atoms. The van der Waals surface area contributed by atoms with Gasteiger partial charge in [-0.25, -0.2) is 0 Å². The third-order valence-corrected chi connectivity index (χ3v) is 5.57. The molecule has 2 heterocycles. The molecular formula is C20H42IN5O. The van der Waals surface area contributed by atoms with Crippen molar-refractivity contribution in [2.24, 2.45) is 16.8 Å². The van der Waals surface area contributed by atoms with E-state index in [9.17, 15) is 0 Å². The Kier molecular flexibility index (Phi) is 12.2. The average molecular weight is 495 g/mol. The Hall–Kier alpha value is -0.120. The summed E-state index contributed by atoms with van der Waals surface area (Å²) in [5.74, 6) is 2.47. The molecule has 0 amide bonds. The number of likely N-dealkylation sites (tertiary alicyclic amines) is 1. The van der Waals surface area contributed by atoms with E-state index in [-0.39, 0.29) is 30.1 Å². The Morgan fingerprint density at radius 1 is 1.15 bits per heavy atom. The van der Waals surface area contributed by atoms with E-state index in [0.717, 1.165) is 51.2 Å². The first-order valence-electron chi connectivity index (χ1n) is 10.5. The van der Waals surface area contributed by atoms with E-state index in [1.54, 1.807) is 0 Å². The zero-order valence-corrected chi connectivity index (χ0v) is 20.4. The van der Waals surface area contributed by atoms with Crippen LogP contribution in [-0.2, 0) is 4.74 Å². The first-order chi connectivity index (χ1) is 12.5. The van der Waals surface area contributed by atoms with E-state index in [1.807, 2.05) is 7.05 Å². The maximum Gasteiger partial charge on any atom is 0.191 e. The molecule has 160 valence electrons. The number of rotatable bonds is 7. The fourth-order valence-corrected chi connectivity index (χ4v) is 3.86. The van der Waals surface area contributed by atoms with Gasteiger partial charge in [0.25, 0.3) is 0 Å². The minimum atomic E-state index is 0. The monoisotopic (exact) mass is 495 g/mol. The molecule has 0 aromatic heterocycles. The first-order valence-corrected chi connectivity index (χ1v) is 10.5. The van der Waals surface area contributed by atoms with E-state index < -0.39 is 0 Å². The highest BCUT2D eigenvalue weighted by Crippen LogP contribution is 2.17. The van der Waals surface area contributed by atoms with Gasteiger partial charge in [-0.3, -0.25) is 14.8 Å². The van der Waals surface area contributed by atoms with E-state index in [2.05, 4.69) is 53.1 Å². The van der Waals surface area contributed by atoms with E-state index >= 15 is 0 Å². The summed E-state index contributed by atoms with van der Waals surface area (Å²) in [6.45, 7) is 17.4. The molecule has 2 N–H and O–H groups in total. The van der Waals surface area contributed by atoms with Gasteiger partial charge in [0, 0.05) is 45.8 Å². The third-order valence-electron chi connectivity index (χ3n) is 5.57. The minimum Gasteiger partial charge on any atom is -0.374 e. The fraction of sp³-hybridized carbons (Fsp3) is 0.950. The fourth-order valence-electron chi connectivity index (χ4n) is 3.86. The van der Waals surface area contributed by atoms with Gasteiger partial charge in [-0.2, -0.15) is 0 Å². The molecule has 0 radical (unpaired) electrons. The molecule has 2 fully saturated rings. The van der Waals surface area contributed by atoms with Crippen LogP contribution in [0.25, 0.3) is 0 Å². The molecule has 2 unspecified atom stereocenters. The molecule has 0 aliphatic carbocycles. The lowest BCUT2D eigenvalue weighted by Crippen LogP contribution is -2.52. The molecule has 2 saturated heterocycles. The standard InChI is InChI=1S/C20H41N5O.HI/c1-16(2)14-24-10-11-26-19(15-24)13-23-20(21-5)22-12-18(4)25-8-6-17(3)7-9-25;/h16-19H,6-15H2,1-5H3,(H2,21,22,23);1H. The smallest absolute Gasteiger partial charge is 0.191 e. The molecule has 27 heavy (non-hydrogen) atoms.